The van der Waals surface area contributed by atoms with Crippen LogP contribution < -0.4 is 5.32 Å². The quantitative estimate of drug-likeness (QED) is 0.794. The first kappa shape index (κ1) is 11.9. The summed E-state index contributed by atoms with van der Waals surface area (Å²) in [5.41, 5.74) is 1.83. The van der Waals surface area contributed by atoms with Gasteiger partial charge in [-0.25, -0.2) is 0 Å². The van der Waals surface area contributed by atoms with E-state index in [1.807, 2.05) is 53.5 Å². The van der Waals surface area contributed by atoms with Gasteiger partial charge in [-0.2, -0.15) is 5.10 Å². The molecule has 3 rings (SSSR count). The first-order valence-electron chi connectivity index (χ1n) is 6.08. The summed E-state index contributed by atoms with van der Waals surface area (Å²) in [5, 5.41) is 10.2. The molecule has 0 saturated carbocycles. The van der Waals surface area contributed by atoms with Gasteiger partial charge in [-0.05, 0) is 36.6 Å². The third-order valence-corrected chi connectivity index (χ3v) is 3.82. The lowest BCUT2D eigenvalue weighted by Crippen LogP contribution is -2.10. The lowest BCUT2D eigenvalue weighted by molar-refractivity contribution is 0.103. The summed E-state index contributed by atoms with van der Waals surface area (Å²) in [4.78, 5) is 12.7. The van der Waals surface area contributed by atoms with E-state index in [-0.39, 0.29) is 5.91 Å². The minimum atomic E-state index is -0.0723. The molecule has 0 fully saturated rings. The fraction of sp³-hybridized carbons (Fsp3) is 0.143. The van der Waals surface area contributed by atoms with E-state index < -0.39 is 0 Å². The van der Waals surface area contributed by atoms with Gasteiger partial charge >= 0.3 is 0 Å². The minimum Gasteiger partial charge on any atom is -0.321 e. The summed E-state index contributed by atoms with van der Waals surface area (Å²) in [5.74, 6) is -0.0723. The van der Waals surface area contributed by atoms with Crippen LogP contribution in [0.5, 0.6) is 0 Å². The number of anilines is 1. The van der Waals surface area contributed by atoms with Crippen molar-refractivity contribution < 1.29 is 4.79 Å². The van der Waals surface area contributed by atoms with Gasteiger partial charge in [-0.1, -0.05) is 6.07 Å². The minimum absolute atomic E-state index is 0.0723. The fourth-order valence-corrected chi connectivity index (χ4v) is 2.62. The van der Waals surface area contributed by atoms with E-state index in [1.165, 1.54) is 11.3 Å². The van der Waals surface area contributed by atoms with E-state index >= 15 is 0 Å². The van der Waals surface area contributed by atoms with Gasteiger partial charge in [-0.15, -0.1) is 11.3 Å². The van der Waals surface area contributed by atoms with Crippen LogP contribution in [0.25, 0.3) is 10.9 Å². The van der Waals surface area contributed by atoms with Crippen molar-refractivity contribution in [1.29, 1.82) is 0 Å². The maximum absolute atomic E-state index is 12.0. The fourth-order valence-electron chi connectivity index (χ4n) is 2.00. The molecule has 1 amide bonds. The van der Waals surface area contributed by atoms with Crippen molar-refractivity contribution >= 4 is 33.8 Å². The molecule has 1 N–H and O–H groups in total. The van der Waals surface area contributed by atoms with E-state index in [0.29, 0.717) is 4.88 Å². The molecule has 0 saturated heterocycles. The second-order valence-electron chi connectivity index (χ2n) is 4.17. The first-order chi connectivity index (χ1) is 9.28. The number of carbonyl (C=O) groups is 1. The number of aromatic nitrogens is 2. The van der Waals surface area contributed by atoms with Gasteiger partial charge in [0.05, 0.1) is 16.6 Å². The molecule has 0 aliphatic rings. The smallest absolute Gasteiger partial charge is 0.265 e. The number of amides is 1. The van der Waals surface area contributed by atoms with Gasteiger partial charge in [0.2, 0.25) is 0 Å². The van der Waals surface area contributed by atoms with Crippen molar-refractivity contribution in [1.82, 2.24) is 9.78 Å². The molecule has 3 aromatic rings. The number of benzene rings is 1. The zero-order valence-corrected chi connectivity index (χ0v) is 11.3. The van der Waals surface area contributed by atoms with Gasteiger partial charge in [0.1, 0.15) is 0 Å². The average molecular weight is 271 g/mol. The van der Waals surface area contributed by atoms with Gasteiger partial charge < -0.3 is 5.32 Å². The normalized spacial score (nSPS) is 10.8. The zero-order chi connectivity index (χ0) is 13.2. The Morgan fingerprint density at radius 2 is 2.32 bits per heavy atom. The molecule has 0 aliphatic carbocycles. The number of hydrogen-bond donors (Lipinski definition) is 1. The largest absolute Gasteiger partial charge is 0.321 e. The first-order valence-corrected chi connectivity index (χ1v) is 6.96. The molecule has 0 unspecified atom stereocenters. The monoisotopic (exact) mass is 271 g/mol. The lowest BCUT2D eigenvalue weighted by atomic mass is 10.2. The van der Waals surface area contributed by atoms with E-state index in [9.17, 15) is 4.79 Å². The Kier molecular flexibility index (Phi) is 3.05. The molecule has 0 atom stereocenters. The van der Waals surface area contributed by atoms with Crippen molar-refractivity contribution in [2.75, 3.05) is 5.32 Å². The molecule has 4 nitrogen and oxygen atoms in total. The number of carbonyl (C=O) groups excluding carboxylic acids is 1. The molecular weight excluding hydrogens is 258 g/mol. The second kappa shape index (κ2) is 4.85. The number of nitrogens with one attached hydrogen (secondary N) is 1. The van der Waals surface area contributed by atoms with Crippen molar-refractivity contribution in [3.05, 3.63) is 46.8 Å². The van der Waals surface area contributed by atoms with E-state index in [1.54, 1.807) is 0 Å². The lowest BCUT2D eigenvalue weighted by Gasteiger charge is -2.05. The molecule has 5 heteroatoms. The number of nitrogens with zero attached hydrogens (tertiary/aromatic N) is 2. The van der Waals surface area contributed by atoms with Crippen LogP contribution >= 0.6 is 11.3 Å². The standard InChI is InChI=1S/C14H13N3OS/c1-2-17-12-8-11(6-5-10(12)9-15-17)16-14(18)13-4-3-7-19-13/h3-9H,2H2,1H3,(H,16,18). The van der Waals surface area contributed by atoms with Crippen molar-refractivity contribution in [3.63, 3.8) is 0 Å². The molecular formula is C14H13N3OS. The summed E-state index contributed by atoms with van der Waals surface area (Å²) in [6.45, 7) is 2.86. The average Bonchev–Trinajstić information content (AvgIpc) is 3.07. The number of thiophene rings is 1. The third-order valence-electron chi connectivity index (χ3n) is 2.95. The Labute approximate surface area is 114 Å². The van der Waals surface area contributed by atoms with Crippen LogP contribution in [0, 0.1) is 0 Å². The van der Waals surface area contributed by atoms with E-state index in [4.69, 9.17) is 0 Å². The summed E-state index contributed by atoms with van der Waals surface area (Å²) in [6, 6.07) is 9.51. The van der Waals surface area contributed by atoms with Gasteiger partial charge in [0, 0.05) is 17.6 Å². The van der Waals surface area contributed by atoms with E-state index in [0.717, 1.165) is 23.1 Å². The van der Waals surface area contributed by atoms with Crippen LogP contribution in [-0.4, -0.2) is 15.7 Å². The predicted octanol–water partition coefficient (Wildman–Crippen LogP) is 3.37. The SMILES string of the molecule is CCn1ncc2ccc(NC(=O)c3cccs3)cc21. The van der Waals surface area contributed by atoms with Crippen molar-refractivity contribution in [2.24, 2.45) is 0 Å². The highest BCUT2D eigenvalue weighted by Gasteiger charge is 2.08. The maximum atomic E-state index is 12.0. The van der Waals surface area contributed by atoms with Gasteiger partial charge in [-0.3, -0.25) is 9.48 Å². The van der Waals surface area contributed by atoms with Crippen molar-refractivity contribution in [2.45, 2.75) is 13.5 Å². The molecule has 2 heterocycles. The Morgan fingerprint density at radius 1 is 1.42 bits per heavy atom. The number of rotatable bonds is 3. The highest BCUT2D eigenvalue weighted by Crippen LogP contribution is 2.20. The van der Waals surface area contributed by atoms with Crippen LogP contribution in [0.4, 0.5) is 5.69 Å². The number of fused-ring (bicyclic) bond motifs is 1. The summed E-state index contributed by atoms with van der Waals surface area (Å²) < 4.78 is 1.91. The third kappa shape index (κ3) is 2.24. The van der Waals surface area contributed by atoms with Crippen LogP contribution in [0.3, 0.4) is 0 Å². The molecule has 96 valence electrons. The topological polar surface area (TPSA) is 46.9 Å². The molecule has 2 aromatic heterocycles. The van der Waals surface area contributed by atoms with Crippen LogP contribution in [0.2, 0.25) is 0 Å². The molecule has 0 radical (unpaired) electrons. The summed E-state index contributed by atoms with van der Waals surface area (Å²) in [7, 11) is 0. The van der Waals surface area contributed by atoms with Crippen molar-refractivity contribution in [3.8, 4) is 0 Å². The molecule has 0 aliphatic heterocycles. The van der Waals surface area contributed by atoms with Gasteiger partial charge in [0.15, 0.2) is 0 Å². The second-order valence-corrected chi connectivity index (χ2v) is 5.11. The summed E-state index contributed by atoms with van der Waals surface area (Å²) >= 11 is 1.43. The molecule has 0 spiro atoms. The zero-order valence-electron chi connectivity index (χ0n) is 10.5. The van der Waals surface area contributed by atoms with Crippen LogP contribution in [-0.2, 0) is 6.54 Å². The van der Waals surface area contributed by atoms with Gasteiger partial charge in [0.25, 0.3) is 5.91 Å². The van der Waals surface area contributed by atoms with E-state index in [2.05, 4.69) is 10.4 Å². The Bertz CT molecular complexity index is 715. The predicted molar refractivity (Wildman–Crippen MR) is 77.7 cm³/mol. The highest BCUT2D eigenvalue weighted by atomic mass is 32.1. The number of aryl methyl sites for hydroxylation is 1. The maximum Gasteiger partial charge on any atom is 0.265 e. The Balaban J connectivity index is 1.91. The molecule has 0 bridgehead atoms. The number of hydrogen-bond acceptors (Lipinski definition) is 3. The molecule has 19 heavy (non-hydrogen) atoms. The summed E-state index contributed by atoms with van der Waals surface area (Å²) in [6.07, 6.45) is 1.84. The Morgan fingerprint density at radius 3 is 3.05 bits per heavy atom. The van der Waals surface area contributed by atoms with Crippen LogP contribution in [0.1, 0.15) is 16.6 Å². The highest BCUT2D eigenvalue weighted by molar-refractivity contribution is 7.12. The van der Waals surface area contributed by atoms with Crippen LogP contribution in [0.15, 0.2) is 41.9 Å². The Hall–Kier alpha value is -2.14. The molecule has 1 aromatic carbocycles.